The van der Waals surface area contributed by atoms with Gasteiger partial charge in [-0.1, -0.05) is 0 Å². The summed E-state index contributed by atoms with van der Waals surface area (Å²) in [7, 11) is 1.76. The number of halogens is 2. The Bertz CT molecular complexity index is 417. The molecule has 1 fully saturated rings. The average molecular weight is 426 g/mol. The SMILES string of the molecule is COCCN(C(CN)c1cc(Br)c(Br)s1)C(C)C1CC1. The van der Waals surface area contributed by atoms with E-state index in [9.17, 15) is 0 Å². The van der Waals surface area contributed by atoms with Crippen LogP contribution in [0.3, 0.4) is 0 Å². The molecule has 6 heteroatoms. The van der Waals surface area contributed by atoms with E-state index in [2.05, 4.69) is 49.7 Å². The van der Waals surface area contributed by atoms with Gasteiger partial charge in [0.15, 0.2) is 0 Å². The van der Waals surface area contributed by atoms with Crippen molar-refractivity contribution in [3.63, 3.8) is 0 Å². The Balaban J connectivity index is 2.18. The second kappa shape index (κ2) is 7.70. The number of rotatable bonds is 8. The maximum Gasteiger partial charge on any atom is 0.0843 e. The Hall–Kier alpha value is 0.540. The fraction of sp³-hybridized carbons (Fsp3) is 0.714. The standard InChI is InChI=1S/C14H22Br2N2OS/c1-9(10-3-4-10)18(5-6-19-2)12(8-17)13-7-11(15)14(16)20-13/h7,9-10,12H,3-6,8,17H2,1-2H3. The monoisotopic (exact) mass is 424 g/mol. The van der Waals surface area contributed by atoms with Crippen LogP contribution >= 0.6 is 43.2 Å². The van der Waals surface area contributed by atoms with Crippen LogP contribution in [0.25, 0.3) is 0 Å². The first-order valence-electron chi connectivity index (χ1n) is 6.98. The van der Waals surface area contributed by atoms with Gasteiger partial charge in [0.1, 0.15) is 0 Å². The highest BCUT2D eigenvalue weighted by molar-refractivity contribution is 9.13. The summed E-state index contributed by atoms with van der Waals surface area (Å²) in [6.07, 6.45) is 2.69. The lowest BCUT2D eigenvalue weighted by Gasteiger charge is -2.35. The molecule has 0 radical (unpaired) electrons. The lowest BCUT2D eigenvalue weighted by Crippen LogP contribution is -2.42. The van der Waals surface area contributed by atoms with Crippen molar-refractivity contribution >= 4 is 43.2 Å². The summed E-state index contributed by atoms with van der Waals surface area (Å²) in [5.74, 6) is 0.827. The largest absolute Gasteiger partial charge is 0.383 e. The first-order chi connectivity index (χ1) is 9.58. The van der Waals surface area contributed by atoms with Crippen molar-refractivity contribution in [1.29, 1.82) is 0 Å². The zero-order valence-electron chi connectivity index (χ0n) is 11.9. The van der Waals surface area contributed by atoms with E-state index in [1.807, 2.05) is 0 Å². The van der Waals surface area contributed by atoms with Crippen molar-refractivity contribution in [2.45, 2.75) is 31.8 Å². The number of thiophene rings is 1. The maximum atomic E-state index is 6.09. The number of ether oxygens (including phenoxy) is 1. The minimum Gasteiger partial charge on any atom is -0.383 e. The third-order valence-electron chi connectivity index (χ3n) is 4.00. The van der Waals surface area contributed by atoms with Gasteiger partial charge in [0.2, 0.25) is 0 Å². The van der Waals surface area contributed by atoms with Crippen LogP contribution in [0, 0.1) is 5.92 Å². The third kappa shape index (κ3) is 4.05. The number of hydrogen-bond donors (Lipinski definition) is 1. The molecular formula is C14H22Br2N2OS. The van der Waals surface area contributed by atoms with Crippen LogP contribution in [-0.4, -0.2) is 37.7 Å². The Kier molecular flexibility index (Phi) is 6.51. The molecule has 20 heavy (non-hydrogen) atoms. The van der Waals surface area contributed by atoms with E-state index in [0.29, 0.717) is 12.6 Å². The van der Waals surface area contributed by atoms with Crippen LogP contribution in [0.5, 0.6) is 0 Å². The topological polar surface area (TPSA) is 38.5 Å². The molecule has 1 aliphatic rings. The van der Waals surface area contributed by atoms with E-state index in [0.717, 1.165) is 27.3 Å². The summed E-state index contributed by atoms with van der Waals surface area (Å²) in [4.78, 5) is 3.83. The van der Waals surface area contributed by atoms with Crippen LogP contribution in [0.15, 0.2) is 14.3 Å². The fourth-order valence-corrected chi connectivity index (χ4v) is 4.86. The summed E-state index contributed by atoms with van der Waals surface area (Å²) < 4.78 is 7.53. The minimum absolute atomic E-state index is 0.272. The van der Waals surface area contributed by atoms with Gasteiger partial charge in [-0.25, -0.2) is 0 Å². The van der Waals surface area contributed by atoms with Crippen LogP contribution in [0.1, 0.15) is 30.7 Å². The molecule has 2 rings (SSSR count). The predicted octanol–water partition coefficient (Wildman–Crippen LogP) is 4.02. The molecule has 0 aromatic carbocycles. The Morgan fingerprint density at radius 3 is 2.65 bits per heavy atom. The molecule has 0 aliphatic heterocycles. The third-order valence-corrected chi connectivity index (χ3v) is 7.35. The van der Waals surface area contributed by atoms with Crippen molar-refractivity contribution in [1.82, 2.24) is 4.90 Å². The number of nitrogens with two attached hydrogens (primary N) is 1. The molecule has 1 aromatic rings. The molecule has 1 aromatic heterocycles. The predicted molar refractivity (Wildman–Crippen MR) is 92.3 cm³/mol. The summed E-state index contributed by atoms with van der Waals surface area (Å²) in [6, 6.07) is 3.03. The first-order valence-corrected chi connectivity index (χ1v) is 9.38. The van der Waals surface area contributed by atoms with Gasteiger partial charge in [-0.3, -0.25) is 4.90 Å². The summed E-state index contributed by atoms with van der Waals surface area (Å²) >= 11 is 8.92. The molecule has 0 amide bonds. The summed E-state index contributed by atoms with van der Waals surface area (Å²) in [5.41, 5.74) is 6.09. The first kappa shape index (κ1) is 16.9. The molecule has 0 bridgehead atoms. The lowest BCUT2D eigenvalue weighted by atomic mass is 10.1. The van der Waals surface area contributed by atoms with E-state index < -0.39 is 0 Å². The summed E-state index contributed by atoms with van der Waals surface area (Å²) in [5, 5.41) is 0. The van der Waals surface area contributed by atoms with Crippen molar-refractivity contribution in [2.75, 3.05) is 26.8 Å². The van der Waals surface area contributed by atoms with Gasteiger partial charge in [0, 0.05) is 35.6 Å². The quantitative estimate of drug-likeness (QED) is 0.683. The second-order valence-electron chi connectivity index (χ2n) is 5.33. The normalized spacial score (nSPS) is 18.5. The molecular weight excluding hydrogens is 404 g/mol. The van der Waals surface area contributed by atoms with Crippen molar-refractivity contribution < 1.29 is 4.74 Å². The smallest absolute Gasteiger partial charge is 0.0843 e. The molecule has 1 heterocycles. The van der Waals surface area contributed by atoms with E-state index in [1.54, 1.807) is 18.4 Å². The zero-order valence-corrected chi connectivity index (χ0v) is 15.9. The fourth-order valence-electron chi connectivity index (χ4n) is 2.63. The Morgan fingerprint density at radius 2 is 2.20 bits per heavy atom. The number of nitrogens with zero attached hydrogens (tertiary/aromatic N) is 1. The highest BCUT2D eigenvalue weighted by atomic mass is 79.9. The average Bonchev–Trinajstić information content (AvgIpc) is 3.21. The van der Waals surface area contributed by atoms with Crippen LogP contribution in [0.2, 0.25) is 0 Å². The molecule has 0 saturated heterocycles. The van der Waals surface area contributed by atoms with Gasteiger partial charge in [-0.05, 0) is 63.6 Å². The van der Waals surface area contributed by atoms with Gasteiger partial charge in [-0.2, -0.15) is 0 Å². The molecule has 3 nitrogen and oxygen atoms in total. The van der Waals surface area contributed by atoms with Crippen LogP contribution in [0.4, 0.5) is 0 Å². The minimum atomic E-state index is 0.272. The molecule has 2 atom stereocenters. The molecule has 2 unspecified atom stereocenters. The number of methoxy groups -OCH3 is 1. The van der Waals surface area contributed by atoms with E-state index >= 15 is 0 Å². The van der Waals surface area contributed by atoms with Crippen LogP contribution in [-0.2, 0) is 4.74 Å². The van der Waals surface area contributed by atoms with Gasteiger partial charge in [-0.15, -0.1) is 11.3 Å². The van der Waals surface area contributed by atoms with E-state index in [4.69, 9.17) is 10.5 Å². The van der Waals surface area contributed by atoms with E-state index in [1.165, 1.54) is 17.7 Å². The Labute approximate surface area is 142 Å². The highest BCUT2D eigenvalue weighted by Crippen LogP contribution is 2.41. The molecule has 1 saturated carbocycles. The number of hydrogen-bond acceptors (Lipinski definition) is 4. The lowest BCUT2D eigenvalue weighted by molar-refractivity contribution is 0.0847. The van der Waals surface area contributed by atoms with Crippen LogP contribution < -0.4 is 5.73 Å². The molecule has 2 N–H and O–H groups in total. The van der Waals surface area contributed by atoms with Gasteiger partial charge in [0.25, 0.3) is 0 Å². The van der Waals surface area contributed by atoms with Gasteiger partial charge in [0.05, 0.1) is 16.4 Å². The molecule has 0 spiro atoms. The van der Waals surface area contributed by atoms with Gasteiger partial charge < -0.3 is 10.5 Å². The Morgan fingerprint density at radius 1 is 1.50 bits per heavy atom. The molecule has 114 valence electrons. The van der Waals surface area contributed by atoms with Gasteiger partial charge >= 0.3 is 0 Å². The van der Waals surface area contributed by atoms with Crippen molar-refractivity contribution in [3.8, 4) is 0 Å². The zero-order chi connectivity index (χ0) is 14.7. The summed E-state index contributed by atoms with van der Waals surface area (Å²) in [6.45, 7) is 4.65. The van der Waals surface area contributed by atoms with Crippen molar-refractivity contribution in [3.05, 3.63) is 19.2 Å². The highest BCUT2D eigenvalue weighted by Gasteiger charge is 2.35. The van der Waals surface area contributed by atoms with Crippen molar-refractivity contribution in [2.24, 2.45) is 11.7 Å². The van der Waals surface area contributed by atoms with E-state index in [-0.39, 0.29) is 6.04 Å². The second-order valence-corrected chi connectivity index (χ2v) is 8.59. The maximum absolute atomic E-state index is 6.09. The molecule has 1 aliphatic carbocycles.